The molecule has 1 unspecified atom stereocenters. The number of rotatable bonds is 3. The Morgan fingerprint density at radius 3 is 2.95 bits per heavy atom. The molecule has 0 amide bonds. The van der Waals surface area contributed by atoms with Crippen LogP contribution in [0.25, 0.3) is 10.9 Å². The third kappa shape index (κ3) is 2.85. The Balaban J connectivity index is 1.93. The topological polar surface area (TPSA) is 85.1 Å². The van der Waals surface area contributed by atoms with Crippen LogP contribution >= 0.6 is 15.9 Å². The van der Waals surface area contributed by atoms with Gasteiger partial charge in [-0.2, -0.15) is 0 Å². The van der Waals surface area contributed by atoms with E-state index in [1.165, 1.54) is 0 Å². The lowest BCUT2D eigenvalue weighted by Crippen LogP contribution is -2.25. The van der Waals surface area contributed by atoms with Gasteiger partial charge in [-0.25, -0.2) is 8.42 Å². The van der Waals surface area contributed by atoms with Gasteiger partial charge in [0.1, 0.15) is 0 Å². The van der Waals surface area contributed by atoms with E-state index in [0.717, 1.165) is 27.5 Å². The van der Waals surface area contributed by atoms with Crippen LogP contribution in [0.15, 0.2) is 28.9 Å². The number of nitrogens with one attached hydrogen (secondary N) is 1. The minimum absolute atomic E-state index is 0.289. The summed E-state index contributed by atoms with van der Waals surface area (Å²) in [5.74, 6) is 0.289. The molecular formula is C14H16BrN3O2S. The first kappa shape index (κ1) is 14.6. The van der Waals surface area contributed by atoms with Gasteiger partial charge in [0.25, 0.3) is 0 Å². The zero-order valence-corrected chi connectivity index (χ0v) is 13.7. The summed E-state index contributed by atoms with van der Waals surface area (Å²) in [7, 11) is -2.96. The average Bonchev–Trinajstić information content (AvgIpc) is 2.77. The van der Waals surface area contributed by atoms with Crippen molar-refractivity contribution in [1.29, 1.82) is 0 Å². The molecule has 0 aliphatic carbocycles. The molecule has 3 rings (SSSR count). The van der Waals surface area contributed by atoms with E-state index in [4.69, 9.17) is 5.73 Å². The zero-order valence-electron chi connectivity index (χ0n) is 11.3. The van der Waals surface area contributed by atoms with Gasteiger partial charge in [0.15, 0.2) is 9.84 Å². The molecule has 2 aromatic rings. The number of pyridine rings is 1. The Labute approximate surface area is 132 Å². The monoisotopic (exact) mass is 369 g/mol. The largest absolute Gasteiger partial charge is 0.396 e. The van der Waals surface area contributed by atoms with Crippen molar-refractivity contribution in [2.75, 3.05) is 23.3 Å². The van der Waals surface area contributed by atoms with Crippen LogP contribution in [-0.2, 0) is 9.84 Å². The lowest BCUT2D eigenvalue weighted by Gasteiger charge is -2.15. The SMILES string of the molecule is Nc1cnc2ccc(Br)cc2c1NCC1CCCS1(=O)=O. The van der Waals surface area contributed by atoms with Gasteiger partial charge in [0, 0.05) is 16.4 Å². The minimum atomic E-state index is -2.96. The number of anilines is 2. The van der Waals surface area contributed by atoms with Crippen LogP contribution in [0.4, 0.5) is 11.4 Å². The smallest absolute Gasteiger partial charge is 0.154 e. The van der Waals surface area contributed by atoms with Crippen molar-refractivity contribution in [2.24, 2.45) is 0 Å². The maximum atomic E-state index is 11.9. The predicted octanol–water partition coefficient (Wildman–Crippen LogP) is 2.57. The third-order valence-corrected chi connectivity index (χ3v) is 6.60. The Hall–Kier alpha value is -1.34. The number of nitrogen functional groups attached to an aromatic ring is 1. The number of sulfone groups is 1. The summed E-state index contributed by atoms with van der Waals surface area (Å²) in [4.78, 5) is 4.29. The van der Waals surface area contributed by atoms with Crippen LogP contribution in [-0.4, -0.2) is 30.9 Å². The lowest BCUT2D eigenvalue weighted by molar-refractivity contribution is 0.591. The predicted molar refractivity (Wildman–Crippen MR) is 89.2 cm³/mol. The number of benzene rings is 1. The van der Waals surface area contributed by atoms with E-state index in [9.17, 15) is 8.42 Å². The average molecular weight is 370 g/mol. The highest BCUT2D eigenvalue weighted by molar-refractivity contribution is 9.10. The quantitative estimate of drug-likeness (QED) is 0.868. The second-order valence-corrected chi connectivity index (χ2v) is 8.58. The van der Waals surface area contributed by atoms with Crippen molar-refractivity contribution in [3.63, 3.8) is 0 Å². The summed E-state index contributed by atoms with van der Waals surface area (Å²) in [6.07, 6.45) is 3.05. The van der Waals surface area contributed by atoms with E-state index >= 15 is 0 Å². The molecule has 0 saturated carbocycles. The summed E-state index contributed by atoms with van der Waals surface area (Å²) in [6, 6.07) is 5.75. The molecule has 3 N–H and O–H groups in total. The lowest BCUT2D eigenvalue weighted by atomic mass is 10.1. The van der Waals surface area contributed by atoms with Crippen molar-refractivity contribution in [2.45, 2.75) is 18.1 Å². The second kappa shape index (κ2) is 5.46. The Kier molecular flexibility index (Phi) is 3.79. The van der Waals surface area contributed by atoms with Crippen LogP contribution < -0.4 is 11.1 Å². The number of halogens is 1. The van der Waals surface area contributed by atoms with E-state index in [1.807, 2.05) is 18.2 Å². The normalized spacial score (nSPS) is 20.7. The van der Waals surface area contributed by atoms with E-state index in [0.29, 0.717) is 18.7 Å². The fourth-order valence-corrected chi connectivity index (χ4v) is 4.81. The number of aromatic nitrogens is 1. The molecule has 21 heavy (non-hydrogen) atoms. The van der Waals surface area contributed by atoms with Crippen LogP contribution in [0.1, 0.15) is 12.8 Å². The van der Waals surface area contributed by atoms with Crippen LogP contribution in [0.5, 0.6) is 0 Å². The number of fused-ring (bicyclic) bond motifs is 1. The standard InChI is InChI=1S/C14H16BrN3O2S/c15-9-3-4-13-11(6-9)14(12(16)8-17-13)18-7-10-2-1-5-21(10,19)20/h3-4,6,8,10H,1-2,5,7,16H2,(H,17,18). The molecular weight excluding hydrogens is 354 g/mol. The molecule has 112 valence electrons. The summed E-state index contributed by atoms with van der Waals surface area (Å²) >= 11 is 3.43. The number of nitrogens with zero attached hydrogens (tertiary/aromatic N) is 1. The van der Waals surface area contributed by atoms with Crippen LogP contribution in [0, 0.1) is 0 Å². The van der Waals surface area contributed by atoms with Gasteiger partial charge in [-0.3, -0.25) is 4.98 Å². The Morgan fingerprint density at radius 1 is 1.43 bits per heavy atom. The molecule has 2 heterocycles. The Bertz CT molecular complexity index is 787. The molecule has 1 aliphatic heterocycles. The van der Waals surface area contributed by atoms with Crippen molar-refractivity contribution in [3.8, 4) is 0 Å². The van der Waals surface area contributed by atoms with Gasteiger partial charge in [-0.15, -0.1) is 0 Å². The third-order valence-electron chi connectivity index (χ3n) is 3.83. The van der Waals surface area contributed by atoms with Crippen molar-refractivity contribution in [1.82, 2.24) is 4.98 Å². The highest BCUT2D eigenvalue weighted by atomic mass is 79.9. The first-order valence-electron chi connectivity index (χ1n) is 6.76. The van der Waals surface area contributed by atoms with Gasteiger partial charge in [-0.1, -0.05) is 15.9 Å². The molecule has 0 radical (unpaired) electrons. The highest BCUT2D eigenvalue weighted by Gasteiger charge is 2.31. The van der Waals surface area contributed by atoms with Gasteiger partial charge < -0.3 is 11.1 Å². The van der Waals surface area contributed by atoms with E-state index < -0.39 is 9.84 Å². The van der Waals surface area contributed by atoms with Gasteiger partial charge >= 0.3 is 0 Å². The van der Waals surface area contributed by atoms with Crippen molar-refractivity contribution in [3.05, 3.63) is 28.9 Å². The summed E-state index contributed by atoms with van der Waals surface area (Å²) < 4.78 is 24.7. The Morgan fingerprint density at radius 2 is 2.24 bits per heavy atom. The van der Waals surface area contributed by atoms with Crippen LogP contribution in [0.2, 0.25) is 0 Å². The van der Waals surface area contributed by atoms with E-state index in [2.05, 4.69) is 26.2 Å². The minimum Gasteiger partial charge on any atom is -0.396 e. The van der Waals surface area contributed by atoms with Gasteiger partial charge in [-0.05, 0) is 31.0 Å². The molecule has 1 fully saturated rings. The molecule has 7 heteroatoms. The first-order valence-corrected chi connectivity index (χ1v) is 9.27. The molecule has 0 spiro atoms. The fraction of sp³-hybridized carbons (Fsp3) is 0.357. The molecule has 0 bridgehead atoms. The molecule has 1 aromatic heterocycles. The molecule has 1 saturated heterocycles. The van der Waals surface area contributed by atoms with Crippen LogP contribution in [0.3, 0.4) is 0 Å². The fourth-order valence-electron chi connectivity index (χ4n) is 2.68. The first-order chi connectivity index (χ1) is 9.97. The number of nitrogens with two attached hydrogens (primary N) is 1. The van der Waals surface area contributed by atoms with E-state index in [-0.39, 0.29) is 11.0 Å². The number of hydrogen-bond acceptors (Lipinski definition) is 5. The maximum absolute atomic E-state index is 11.9. The number of hydrogen-bond donors (Lipinski definition) is 2. The molecule has 1 atom stereocenters. The van der Waals surface area contributed by atoms with Gasteiger partial charge in [0.05, 0.1) is 34.1 Å². The highest BCUT2D eigenvalue weighted by Crippen LogP contribution is 2.31. The second-order valence-electron chi connectivity index (χ2n) is 5.26. The van der Waals surface area contributed by atoms with E-state index in [1.54, 1.807) is 6.20 Å². The molecule has 5 nitrogen and oxygen atoms in total. The molecule has 1 aliphatic rings. The summed E-state index contributed by atoms with van der Waals surface area (Å²) in [6.45, 7) is 0.387. The maximum Gasteiger partial charge on any atom is 0.154 e. The summed E-state index contributed by atoms with van der Waals surface area (Å²) in [5.41, 5.74) is 8.10. The van der Waals surface area contributed by atoms with Crippen molar-refractivity contribution >= 4 is 48.0 Å². The zero-order chi connectivity index (χ0) is 15.0. The van der Waals surface area contributed by atoms with Gasteiger partial charge in [0.2, 0.25) is 0 Å². The summed E-state index contributed by atoms with van der Waals surface area (Å²) in [5, 5.41) is 3.78. The molecule has 1 aromatic carbocycles. The van der Waals surface area contributed by atoms with Crippen molar-refractivity contribution < 1.29 is 8.42 Å².